The molecule has 0 aliphatic carbocycles. The lowest BCUT2D eigenvalue weighted by Crippen LogP contribution is -2.09. The Balaban J connectivity index is 2.46. The molecule has 0 bridgehead atoms. The van der Waals surface area contributed by atoms with Gasteiger partial charge in [0.25, 0.3) is 0 Å². The molecule has 0 spiro atoms. The van der Waals surface area contributed by atoms with E-state index < -0.39 is 0 Å². The van der Waals surface area contributed by atoms with Crippen LogP contribution in [0.5, 0.6) is 5.75 Å². The second-order valence-corrected chi connectivity index (χ2v) is 6.07. The molecule has 1 nitrogen and oxygen atoms in total. The van der Waals surface area contributed by atoms with E-state index >= 15 is 0 Å². The van der Waals surface area contributed by atoms with Gasteiger partial charge < -0.3 is 5.11 Å². The van der Waals surface area contributed by atoms with E-state index in [0.717, 1.165) is 12.0 Å². The van der Waals surface area contributed by atoms with Crippen LogP contribution in [0.3, 0.4) is 0 Å². The average Bonchev–Trinajstić information content (AvgIpc) is 2.31. The van der Waals surface area contributed by atoms with Crippen molar-refractivity contribution < 1.29 is 9.50 Å². The zero-order chi connectivity index (χ0) is 14.0. The Labute approximate surface area is 113 Å². The SMILES string of the molecule is CC(C)(C)Cc1ccc(O)c(-c2ccccc2F)c1. The smallest absolute Gasteiger partial charge is 0.131 e. The number of halogens is 1. The van der Waals surface area contributed by atoms with Crippen molar-refractivity contribution in [3.63, 3.8) is 0 Å². The van der Waals surface area contributed by atoms with Gasteiger partial charge in [-0.3, -0.25) is 0 Å². The molecule has 0 aliphatic heterocycles. The van der Waals surface area contributed by atoms with E-state index in [9.17, 15) is 9.50 Å². The van der Waals surface area contributed by atoms with Crippen molar-refractivity contribution in [3.8, 4) is 16.9 Å². The summed E-state index contributed by atoms with van der Waals surface area (Å²) >= 11 is 0. The fourth-order valence-corrected chi connectivity index (χ4v) is 2.20. The van der Waals surface area contributed by atoms with Crippen LogP contribution in [0.1, 0.15) is 26.3 Å². The number of phenols is 1. The Morgan fingerprint density at radius 2 is 1.68 bits per heavy atom. The third-order valence-electron chi connectivity index (χ3n) is 2.96. The van der Waals surface area contributed by atoms with Crippen LogP contribution in [0.2, 0.25) is 0 Å². The molecule has 0 saturated heterocycles. The molecular formula is C17H19FO. The standard InChI is InChI=1S/C17H19FO/c1-17(2,3)11-12-8-9-16(19)14(10-12)13-6-4-5-7-15(13)18/h4-10,19H,11H2,1-3H3. The van der Waals surface area contributed by atoms with Gasteiger partial charge in [0, 0.05) is 11.1 Å². The first-order valence-corrected chi connectivity index (χ1v) is 6.44. The first-order chi connectivity index (χ1) is 8.87. The van der Waals surface area contributed by atoms with Crippen molar-refractivity contribution in [2.45, 2.75) is 27.2 Å². The third-order valence-corrected chi connectivity index (χ3v) is 2.96. The summed E-state index contributed by atoms with van der Waals surface area (Å²) in [6.07, 6.45) is 0.884. The summed E-state index contributed by atoms with van der Waals surface area (Å²) in [5.74, 6) is -0.200. The molecule has 0 aliphatic rings. The van der Waals surface area contributed by atoms with Gasteiger partial charge in [-0.1, -0.05) is 45.0 Å². The maximum Gasteiger partial charge on any atom is 0.131 e. The minimum Gasteiger partial charge on any atom is -0.507 e. The van der Waals surface area contributed by atoms with Gasteiger partial charge in [0.2, 0.25) is 0 Å². The molecule has 19 heavy (non-hydrogen) atoms. The highest BCUT2D eigenvalue weighted by molar-refractivity contribution is 5.71. The topological polar surface area (TPSA) is 20.2 Å². The Morgan fingerprint density at radius 3 is 2.32 bits per heavy atom. The molecule has 2 heteroatoms. The molecule has 100 valence electrons. The van der Waals surface area contributed by atoms with E-state index in [1.165, 1.54) is 6.07 Å². The van der Waals surface area contributed by atoms with Gasteiger partial charge in [-0.25, -0.2) is 4.39 Å². The van der Waals surface area contributed by atoms with Crippen molar-refractivity contribution in [1.29, 1.82) is 0 Å². The monoisotopic (exact) mass is 258 g/mol. The summed E-state index contributed by atoms with van der Waals surface area (Å²) < 4.78 is 13.8. The van der Waals surface area contributed by atoms with Crippen molar-refractivity contribution >= 4 is 0 Å². The molecule has 0 unspecified atom stereocenters. The van der Waals surface area contributed by atoms with Crippen molar-refractivity contribution in [3.05, 3.63) is 53.8 Å². The predicted molar refractivity (Wildman–Crippen MR) is 76.7 cm³/mol. The van der Waals surface area contributed by atoms with Gasteiger partial charge in [-0.15, -0.1) is 0 Å². The summed E-state index contributed by atoms with van der Waals surface area (Å²) in [5.41, 5.74) is 2.25. The largest absolute Gasteiger partial charge is 0.507 e. The zero-order valence-electron chi connectivity index (χ0n) is 11.6. The maximum absolute atomic E-state index is 13.8. The highest BCUT2D eigenvalue weighted by atomic mass is 19.1. The van der Waals surface area contributed by atoms with Gasteiger partial charge >= 0.3 is 0 Å². The number of rotatable bonds is 2. The number of hydrogen-bond donors (Lipinski definition) is 1. The summed E-state index contributed by atoms with van der Waals surface area (Å²) in [4.78, 5) is 0. The van der Waals surface area contributed by atoms with Gasteiger partial charge in [-0.2, -0.15) is 0 Å². The molecule has 2 aromatic carbocycles. The zero-order valence-corrected chi connectivity index (χ0v) is 11.6. The molecule has 0 saturated carbocycles. The van der Waals surface area contributed by atoms with Crippen LogP contribution in [0.25, 0.3) is 11.1 Å². The molecule has 0 heterocycles. The van der Waals surface area contributed by atoms with Gasteiger partial charge in [-0.05, 0) is 35.6 Å². The lowest BCUT2D eigenvalue weighted by atomic mass is 9.87. The van der Waals surface area contributed by atoms with E-state index in [-0.39, 0.29) is 17.0 Å². The molecular weight excluding hydrogens is 239 g/mol. The van der Waals surface area contributed by atoms with Crippen LogP contribution >= 0.6 is 0 Å². The molecule has 0 amide bonds. The van der Waals surface area contributed by atoms with Crippen molar-refractivity contribution in [1.82, 2.24) is 0 Å². The number of phenolic OH excluding ortho intramolecular Hbond substituents is 1. The number of hydrogen-bond acceptors (Lipinski definition) is 1. The molecule has 0 aromatic heterocycles. The number of benzene rings is 2. The van der Waals surface area contributed by atoms with Crippen molar-refractivity contribution in [2.24, 2.45) is 5.41 Å². The summed E-state index contributed by atoms with van der Waals surface area (Å²) in [7, 11) is 0. The highest BCUT2D eigenvalue weighted by Gasteiger charge is 2.14. The maximum atomic E-state index is 13.8. The minimum atomic E-state index is -0.314. The van der Waals surface area contributed by atoms with Gasteiger partial charge in [0.05, 0.1) is 0 Å². The normalized spacial score (nSPS) is 11.6. The fourth-order valence-electron chi connectivity index (χ4n) is 2.20. The Bertz CT molecular complexity index is 582. The van der Waals surface area contributed by atoms with Crippen LogP contribution < -0.4 is 0 Å². The van der Waals surface area contributed by atoms with Crippen LogP contribution in [0.15, 0.2) is 42.5 Å². The Kier molecular flexibility index (Phi) is 3.61. The molecule has 0 atom stereocenters. The van der Waals surface area contributed by atoms with E-state index in [0.29, 0.717) is 11.1 Å². The van der Waals surface area contributed by atoms with Gasteiger partial charge in [0.1, 0.15) is 11.6 Å². The quantitative estimate of drug-likeness (QED) is 0.821. The Morgan fingerprint density at radius 1 is 1.00 bits per heavy atom. The van der Waals surface area contributed by atoms with Crippen LogP contribution in [-0.4, -0.2) is 5.11 Å². The van der Waals surface area contributed by atoms with E-state index in [1.54, 1.807) is 24.3 Å². The van der Waals surface area contributed by atoms with Gasteiger partial charge in [0.15, 0.2) is 0 Å². The van der Waals surface area contributed by atoms with Crippen LogP contribution in [0.4, 0.5) is 4.39 Å². The first-order valence-electron chi connectivity index (χ1n) is 6.44. The van der Waals surface area contributed by atoms with E-state index in [2.05, 4.69) is 20.8 Å². The highest BCUT2D eigenvalue weighted by Crippen LogP contribution is 2.33. The predicted octanol–water partition coefficient (Wildman–Crippen LogP) is 4.79. The average molecular weight is 258 g/mol. The van der Waals surface area contributed by atoms with E-state index in [4.69, 9.17) is 0 Å². The molecule has 2 aromatic rings. The summed E-state index contributed by atoms with van der Waals surface area (Å²) in [6, 6.07) is 11.9. The summed E-state index contributed by atoms with van der Waals surface area (Å²) in [5, 5.41) is 9.94. The summed E-state index contributed by atoms with van der Waals surface area (Å²) in [6.45, 7) is 6.47. The Hall–Kier alpha value is -1.83. The first kappa shape index (κ1) is 13.6. The minimum absolute atomic E-state index is 0.114. The van der Waals surface area contributed by atoms with E-state index in [1.807, 2.05) is 12.1 Å². The molecule has 1 N–H and O–H groups in total. The van der Waals surface area contributed by atoms with Crippen LogP contribution in [0, 0.1) is 11.2 Å². The third kappa shape index (κ3) is 3.34. The fraction of sp³-hybridized carbons (Fsp3) is 0.294. The second kappa shape index (κ2) is 5.04. The lowest BCUT2D eigenvalue weighted by Gasteiger charge is -2.19. The molecule has 0 fully saturated rings. The lowest BCUT2D eigenvalue weighted by molar-refractivity contribution is 0.410. The van der Waals surface area contributed by atoms with Crippen molar-refractivity contribution in [2.75, 3.05) is 0 Å². The molecule has 2 rings (SSSR count). The van der Waals surface area contributed by atoms with Crippen LogP contribution in [-0.2, 0) is 6.42 Å². The second-order valence-electron chi connectivity index (χ2n) is 6.07. The molecule has 0 radical (unpaired) electrons. The number of aromatic hydroxyl groups is 1.